The summed E-state index contributed by atoms with van der Waals surface area (Å²) < 4.78 is 71.1. The summed E-state index contributed by atoms with van der Waals surface area (Å²) in [6, 6.07) is 13.2. The predicted octanol–water partition coefficient (Wildman–Crippen LogP) is 2.09. The number of hydrogen-bond acceptors (Lipinski definition) is 7. The second kappa shape index (κ2) is 11.4. The van der Waals surface area contributed by atoms with Crippen molar-refractivity contribution in [3.8, 4) is 0 Å². The first kappa shape index (κ1) is 28.7. The fourth-order valence-electron chi connectivity index (χ4n) is 5.42. The second-order valence-corrected chi connectivity index (χ2v) is 14.9. The molecular weight excluding hydrogens is 531 g/mol. The summed E-state index contributed by atoms with van der Waals surface area (Å²) in [5, 5.41) is 4.44. The highest BCUT2D eigenvalue weighted by Gasteiger charge is 2.44. The lowest BCUT2D eigenvalue weighted by Crippen LogP contribution is -2.53. The molecule has 8 nitrogen and oxygen atoms in total. The van der Waals surface area contributed by atoms with Crippen molar-refractivity contribution in [2.24, 2.45) is 0 Å². The third-order valence-electron chi connectivity index (χ3n) is 7.74. The minimum absolute atomic E-state index is 0.00259. The Bertz CT molecular complexity index is 1360. The van der Waals surface area contributed by atoms with E-state index in [0.717, 1.165) is 6.26 Å². The van der Waals surface area contributed by atoms with E-state index in [1.54, 1.807) is 43.3 Å². The van der Waals surface area contributed by atoms with Crippen LogP contribution in [0.3, 0.4) is 0 Å². The van der Waals surface area contributed by atoms with E-state index in [4.69, 9.17) is 4.74 Å². The zero-order valence-electron chi connectivity index (χ0n) is 21.7. The first-order valence-electron chi connectivity index (χ1n) is 12.8. The maximum absolute atomic E-state index is 15.5. The van der Waals surface area contributed by atoms with E-state index in [1.807, 2.05) is 6.07 Å². The maximum Gasteiger partial charge on any atom is 0.230 e. The molecule has 0 radical (unpaired) electrons. The number of carbonyl (C=O) groups excluding carboxylic acids is 1. The van der Waals surface area contributed by atoms with Gasteiger partial charge in [-0.05, 0) is 48.9 Å². The highest BCUT2D eigenvalue weighted by atomic mass is 32.2. The zero-order valence-corrected chi connectivity index (χ0v) is 23.3. The van der Waals surface area contributed by atoms with E-state index in [-0.39, 0.29) is 36.2 Å². The van der Waals surface area contributed by atoms with Crippen molar-refractivity contribution >= 4 is 25.6 Å². The van der Waals surface area contributed by atoms with Crippen LogP contribution in [0.2, 0.25) is 0 Å². The van der Waals surface area contributed by atoms with Gasteiger partial charge in [0.05, 0.1) is 21.7 Å². The SMILES string of the molecule is C[C@@H]1NC[C@@H](c2ccccc2)S(=O)(=O)C1Cc1ccc(C2(C(=O)NCCS(C)(=O)=O)CCOCC2)cc1F. The largest absolute Gasteiger partial charge is 0.381 e. The Morgan fingerprint density at radius 1 is 1.16 bits per heavy atom. The first-order chi connectivity index (χ1) is 17.9. The fraction of sp³-hybridized carbons (Fsp3) is 0.519. The van der Waals surface area contributed by atoms with Crippen LogP contribution in [-0.2, 0) is 41.0 Å². The van der Waals surface area contributed by atoms with Crippen LogP contribution in [0.4, 0.5) is 4.39 Å². The van der Waals surface area contributed by atoms with Crippen LogP contribution >= 0.6 is 0 Å². The number of rotatable bonds is 8. The van der Waals surface area contributed by atoms with E-state index in [2.05, 4.69) is 10.6 Å². The van der Waals surface area contributed by atoms with Crippen molar-refractivity contribution in [1.82, 2.24) is 10.6 Å². The standard InChI is InChI=1S/C27H35FN2O6S2/c1-19-24(38(34,35)25(18-30-19)20-6-4-3-5-7-20)16-21-8-9-22(17-23(21)28)27(10-13-36-14-11-27)26(31)29-12-15-37(2,32)33/h3-9,17,19,24-25,30H,10-16,18H2,1-2H3,(H,29,31)/t19-,24?,25-/m0/s1. The molecule has 0 aliphatic carbocycles. The van der Waals surface area contributed by atoms with Gasteiger partial charge in [0.1, 0.15) is 15.7 Å². The molecule has 0 saturated carbocycles. The van der Waals surface area contributed by atoms with Crippen LogP contribution in [-0.4, -0.2) is 72.3 Å². The number of amides is 1. The fourth-order valence-corrected chi connectivity index (χ4v) is 8.25. The van der Waals surface area contributed by atoms with Gasteiger partial charge in [-0.1, -0.05) is 42.5 Å². The van der Waals surface area contributed by atoms with Crippen LogP contribution < -0.4 is 10.6 Å². The third kappa shape index (κ3) is 6.11. The van der Waals surface area contributed by atoms with Crippen molar-refractivity contribution in [3.05, 3.63) is 71.0 Å². The maximum atomic E-state index is 15.5. The molecule has 2 aliphatic rings. The summed E-state index contributed by atoms with van der Waals surface area (Å²) in [6.07, 6.45) is 1.76. The summed E-state index contributed by atoms with van der Waals surface area (Å²) in [7, 11) is -6.87. The van der Waals surface area contributed by atoms with Gasteiger partial charge >= 0.3 is 0 Å². The topological polar surface area (TPSA) is 119 Å². The smallest absolute Gasteiger partial charge is 0.230 e. The summed E-state index contributed by atoms with van der Waals surface area (Å²) in [6.45, 7) is 2.69. The van der Waals surface area contributed by atoms with Crippen LogP contribution in [0, 0.1) is 5.82 Å². The molecule has 2 aliphatic heterocycles. The Morgan fingerprint density at radius 2 is 1.84 bits per heavy atom. The van der Waals surface area contributed by atoms with Gasteiger partial charge in [0.25, 0.3) is 0 Å². The molecule has 2 N–H and O–H groups in total. The van der Waals surface area contributed by atoms with Crippen LogP contribution in [0.5, 0.6) is 0 Å². The van der Waals surface area contributed by atoms with Gasteiger partial charge in [-0.25, -0.2) is 21.2 Å². The van der Waals surface area contributed by atoms with E-state index in [0.29, 0.717) is 43.7 Å². The minimum Gasteiger partial charge on any atom is -0.381 e. The van der Waals surface area contributed by atoms with Crippen LogP contribution in [0.15, 0.2) is 48.5 Å². The summed E-state index contributed by atoms with van der Waals surface area (Å²) in [5.41, 5.74) is 0.387. The first-order valence-corrected chi connectivity index (χ1v) is 16.4. The lowest BCUT2D eigenvalue weighted by Gasteiger charge is -2.37. The van der Waals surface area contributed by atoms with Gasteiger partial charge in [0.2, 0.25) is 5.91 Å². The summed E-state index contributed by atoms with van der Waals surface area (Å²) in [5.74, 6) is -1.12. The molecule has 0 bridgehead atoms. The van der Waals surface area contributed by atoms with Crippen molar-refractivity contribution < 1.29 is 30.8 Å². The number of hydrogen-bond donors (Lipinski definition) is 2. The molecule has 208 valence electrons. The van der Waals surface area contributed by atoms with Crippen molar-refractivity contribution in [3.63, 3.8) is 0 Å². The van der Waals surface area contributed by atoms with Crippen molar-refractivity contribution in [2.75, 3.05) is 38.3 Å². The monoisotopic (exact) mass is 566 g/mol. The Morgan fingerprint density at radius 3 is 2.47 bits per heavy atom. The minimum atomic E-state index is -3.62. The second-order valence-electron chi connectivity index (χ2n) is 10.3. The molecule has 1 unspecified atom stereocenters. The molecule has 3 atom stereocenters. The van der Waals surface area contributed by atoms with Crippen LogP contribution in [0.1, 0.15) is 41.7 Å². The number of sulfone groups is 2. The number of carbonyl (C=O) groups is 1. The number of halogens is 1. The average molecular weight is 567 g/mol. The van der Waals surface area contributed by atoms with E-state index in [1.165, 1.54) is 6.07 Å². The predicted molar refractivity (Wildman–Crippen MR) is 144 cm³/mol. The molecule has 2 saturated heterocycles. The average Bonchev–Trinajstić information content (AvgIpc) is 2.87. The molecule has 1 amide bonds. The van der Waals surface area contributed by atoms with Crippen molar-refractivity contribution in [2.45, 2.75) is 48.1 Å². The molecule has 4 rings (SSSR count). The van der Waals surface area contributed by atoms with Gasteiger partial charge in [-0.15, -0.1) is 0 Å². The Hall–Kier alpha value is -2.34. The van der Waals surface area contributed by atoms with Gasteiger partial charge in [-0.3, -0.25) is 4.79 Å². The lowest BCUT2D eigenvalue weighted by molar-refractivity contribution is -0.130. The quantitative estimate of drug-likeness (QED) is 0.502. The normalized spacial score (nSPS) is 25.0. The van der Waals surface area contributed by atoms with Gasteiger partial charge in [0, 0.05) is 38.6 Å². The van der Waals surface area contributed by atoms with Gasteiger partial charge < -0.3 is 15.4 Å². The number of nitrogens with one attached hydrogen (secondary N) is 2. The third-order valence-corrected chi connectivity index (χ3v) is 11.3. The van der Waals surface area contributed by atoms with Gasteiger partial charge in [-0.2, -0.15) is 0 Å². The van der Waals surface area contributed by atoms with E-state index in [9.17, 15) is 21.6 Å². The molecular formula is C27H35FN2O6S2. The highest BCUT2D eigenvalue weighted by Crippen LogP contribution is 2.37. The Labute approximate surface area is 224 Å². The molecule has 0 spiro atoms. The van der Waals surface area contributed by atoms with E-state index < -0.39 is 41.4 Å². The Kier molecular flexibility index (Phi) is 8.61. The molecule has 2 heterocycles. The molecule has 11 heteroatoms. The molecule has 2 fully saturated rings. The number of benzene rings is 2. The molecule has 38 heavy (non-hydrogen) atoms. The summed E-state index contributed by atoms with van der Waals surface area (Å²) >= 11 is 0. The Balaban J connectivity index is 1.58. The summed E-state index contributed by atoms with van der Waals surface area (Å²) in [4.78, 5) is 13.2. The highest BCUT2D eigenvalue weighted by molar-refractivity contribution is 7.92. The van der Waals surface area contributed by atoms with Crippen LogP contribution in [0.25, 0.3) is 0 Å². The molecule has 2 aromatic carbocycles. The van der Waals surface area contributed by atoms with Gasteiger partial charge in [0.15, 0.2) is 9.84 Å². The van der Waals surface area contributed by atoms with Crippen molar-refractivity contribution in [1.29, 1.82) is 0 Å². The molecule has 0 aromatic heterocycles. The lowest BCUT2D eigenvalue weighted by atomic mass is 9.73. The molecule has 2 aromatic rings. The van der Waals surface area contributed by atoms with E-state index >= 15 is 4.39 Å². The number of ether oxygens (including phenoxy) is 1. The zero-order chi connectivity index (χ0) is 27.6.